The summed E-state index contributed by atoms with van der Waals surface area (Å²) in [5, 5.41) is 12.3. The predicted molar refractivity (Wildman–Crippen MR) is 86.7 cm³/mol. The van der Waals surface area contributed by atoms with E-state index in [4.69, 9.17) is 5.11 Å². The molecule has 1 aliphatic carbocycles. The van der Waals surface area contributed by atoms with Gasteiger partial charge in [0.2, 0.25) is 5.91 Å². The smallest absolute Gasteiger partial charge is 0.436 e. The van der Waals surface area contributed by atoms with Gasteiger partial charge in [-0.05, 0) is 23.5 Å². The highest BCUT2D eigenvalue weighted by Gasteiger charge is 2.51. The fraction of sp³-hybridized carbons (Fsp3) is 0.389. The van der Waals surface area contributed by atoms with E-state index in [0.717, 1.165) is 29.4 Å². The molecule has 27 heavy (non-hydrogen) atoms. The van der Waals surface area contributed by atoms with E-state index in [-0.39, 0.29) is 18.4 Å². The molecule has 1 amide bonds. The highest BCUT2D eigenvalue weighted by Crippen LogP contribution is 2.46. The molecule has 1 saturated carbocycles. The minimum absolute atomic E-state index is 0.0173. The molecule has 1 aromatic carbocycles. The van der Waals surface area contributed by atoms with Crippen molar-refractivity contribution in [3.63, 3.8) is 0 Å². The van der Waals surface area contributed by atoms with Crippen LogP contribution in [-0.4, -0.2) is 38.2 Å². The average Bonchev–Trinajstić information content (AvgIpc) is 3.10. The Morgan fingerprint density at radius 1 is 1.19 bits per heavy atom. The first-order valence-corrected chi connectivity index (χ1v) is 8.47. The van der Waals surface area contributed by atoms with Crippen LogP contribution in [0.25, 0.3) is 0 Å². The maximum absolute atomic E-state index is 12.9. The topological polar surface area (TPSA) is 75.4 Å². The Labute approximate surface area is 152 Å². The Hall–Kier alpha value is -2.84. The van der Waals surface area contributed by atoms with Crippen LogP contribution in [0, 0.1) is 11.8 Å². The SMILES string of the molecule is O=C(O)c1cn(Cc2ccc(CN3C[C@H]4C[C@H]4C3=O)cc2)nc1C(F)(F)F. The summed E-state index contributed by atoms with van der Waals surface area (Å²) in [6.07, 6.45) is -2.95. The van der Waals surface area contributed by atoms with Gasteiger partial charge in [0.05, 0.1) is 6.54 Å². The second kappa shape index (κ2) is 6.11. The number of aromatic carboxylic acids is 1. The lowest BCUT2D eigenvalue weighted by molar-refractivity contribution is -0.142. The van der Waals surface area contributed by atoms with Crippen LogP contribution in [0.5, 0.6) is 0 Å². The summed E-state index contributed by atoms with van der Waals surface area (Å²) < 4.78 is 39.7. The largest absolute Gasteiger partial charge is 0.478 e. The van der Waals surface area contributed by atoms with E-state index in [0.29, 0.717) is 18.0 Å². The summed E-state index contributed by atoms with van der Waals surface area (Å²) in [6.45, 7) is 1.33. The molecular weight excluding hydrogens is 363 g/mol. The number of carboxylic acid groups (broad SMARTS) is 1. The van der Waals surface area contributed by atoms with Crippen molar-refractivity contribution in [1.29, 1.82) is 0 Å². The molecule has 2 atom stereocenters. The number of hydrogen-bond donors (Lipinski definition) is 1. The Morgan fingerprint density at radius 3 is 2.30 bits per heavy atom. The summed E-state index contributed by atoms with van der Waals surface area (Å²) >= 11 is 0. The Balaban J connectivity index is 1.45. The van der Waals surface area contributed by atoms with Gasteiger partial charge >= 0.3 is 12.1 Å². The number of fused-ring (bicyclic) bond motifs is 1. The van der Waals surface area contributed by atoms with E-state index in [2.05, 4.69) is 5.10 Å². The summed E-state index contributed by atoms with van der Waals surface area (Å²) in [7, 11) is 0. The molecule has 2 aliphatic rings. The number of aromatic nitrogens is 2. The van der Waals surface area contributed by atoms with Crippen LogP contribution >= 0.6 is 0 Å². The zero-order valence-corrected chi connectivity index (χ0v) is 14.1. The molecule has 0 bridgehead atoms. The molecule has 1 saturated heterocycles. The number of carbonyl (C=O) groups excluding carboxylic acids is 1. The predicted octanol–water partition coefficient (Wildman–Crippen LogP) is 2.63. The average molecular weight is 379 g/mol. The van der Waals surface area contributed by atoms with Gasteiger partial charge < -0.3 is 10.0 Å². The molecule has 0 spiro atoms. The van der Waals surface area contributed by atoms with Gasteiger partial charge in [-0.1, -0.05) is 24.3 Å². The van der Waals surface area contributed by atoms with Crippen molar-refractivity contribution in [3.05, 3.63) is 52.8 Å². The number of benzene rings is 1. The van der Waals surface area contributed by atoms with Crippen molar-refractivity contribution in [3.8, 4) is 0 Å². The lowest BCUT2D eigenvalue weighted by atomic mass is 10.1. The third kappa shape index (κ3) is 3.41. The number of hydrogen-bond acceptors (Lipinski definition) is 3. The summed E-state index contributed by atoms with van der Waals surface area (Å²) in [5.41, 5.74) is -0.651. The van der Waals surface area contributed by atoms with Crippen LogP contribution in [0.1, 0.15) is 33.6 Å². The molecule has 6 nitrogen and oxygen atoms in total. The van der Waals surface area contributed by atoms with Gasteiger partial charge in [-0.25, -0.2) is 4.79 Å². The number of piperidine rings is 1. The lowest BCUT2D eigenvalue weighted by Gasteiger charge is -2.18. The standard InChI is InChI=1S/C18H16F3N3O3/c19-18(20,21)15-14(17(26)27)9-24(22-15)7-11-3-1-10(2-4-11)6-23-8-12-5-13(12)16(23)25/h1-4,9,12-13H,5-8H2,(H,26,27)/t12-,13-/m1/s1. The van der Waals surface area contributed by atoms with Crippen LogP contribution in [0.2, 0.25) is 0 Å². The Bertz CT molecular complexity index is 905. The van der Waals surface area contributed by atoms with E-state index in [1.807, 2.05) is 17.0 Å². The fourth-order valence-electron chi connectivity index (χ4n) is 3.53. The van der Waals surface area contributed by atoms with Crippen molar-refractivity contribution in [2.75, 3.05) is 6.54 Å². The third-order valence-corrected chi connectivity index (χ3v) is 5.01. The van der Waals surface area contributed by atoms with E-state index in [9.17, 15) is 22.8 Å². The molecule has 1 aliphatic heterocycles. The van der Waals surface area contributed by atoms with Gasteiger partial charge in [0, 0.05) is 25.2 Å². The minimum atomic E-state index is -4.83. The van der Waals surface area contributed by atoms with Gasteiger partial charge in [0.15, 0.2) is 5.69 Å². The molecule has 0 unspecified atom stereocenters. The number of alkyl halides is 3. The molecule has 0 radical (unpaired) electrons. The Kier molecular flexibility index (Phi) is 3.97. The molecule has 2 heterocycles. The summed E-state index contributed by atoms with van der Waals surface area (Å²) in [4.78, 5) is 24.8. The number of halogens is 3. The number of rotatable bonds is 5. The van der Waals surface area contributed by atoms with E-state index < -0.39 is 23.4 Å². The number of likely N-dealkylation sites (tertiary alicyclic amines) is 1. The molecule has 2 aromatic rings. The van der Waals surface area contributed by atoms with Crippen LogP contribution in [-0.2, 0) is 24.1 Å². The molecular formula is C18H16F3N3O3. The second-order valence-corrected chi connectivity index (χ2v) is 7.03. The number of amides is 1. The van der Waals surface area contributed by atoms with Gasteiger partial charge in [-0.15, -0.1) is 0 Å². The number of carboxylic acids is 1. The molecule has 2 fully saturated rings. The first-order chi connectivity index (χ1) is 12.7. The highest BCUT2D eigenvalue weighted by molar-refractivity contribution is 5.88. The van der Waals surface area contributed by atoms with Crippen LogP contribution in [0.4, 0.5) is 13.2 Å². The monoisotopic (exact) mass is 379 g/mol. The Morgan fingerprint density at radius 2 is 1.81 bits per heavy atom. The van der Waals surface area contributed by atoms with Crippen molar-refractivity contribution in [2.45, 2.75) is 25.7 Å². The summed E-state index contributed by atoms with van der Waals surface area (Å²) in [5.74, 6) is -0.767. The third-order valence-electron chi connectivity index (χ3n) is 5.01. The quantitative estimate of drug-likeness (QED) is 0.867. The van der Waals surface area contributed by atoms with Crippen LogP contribution < -0.4 is 0 Å². The maximum atomic E-state index is 12.9. The molecule has 142 valence electrons. The summed E-state index contributed by atoms with van der Waals surface area (Å²) in [6, 6.07) is 7.12. The normalized spacial score (nSPS) is 21.4. The van der Waals surface area contributed by atoms with Crippen LogP contribution in [0.3, 0.4) is 0 Å². The van der Waals surface area contributed by atoms with Crippen molar-refractivity contribution in [2.24, 2.45) is 11.8 Å². The zero-order valence-electron chi connectivity index (χ0n) is 14.1. The molecule has 9 heteroatoms. The van der Waals surface area contributed by atoms with Crippen molar-refractivity contribution in [1.82, 2.24) is 14.7 Å². The van der Waals surface area contributed by atoms with E-state index >= 15 is 0 Å². The molecule has 4 rings (SSSR count). The van der Waals surface area contributed by atoms with Crippen molar-refractivity contribution < 1.29 is 27.9 Å². The van der Waals surface area contributed by atoms with Gasteiger partial charge in [-0.2, -0.15) is 18.3 Å². The van der Waals surface area contributed by atoms with Gasteiger partial charge in [0.1, 0.15) is 5.56 Å². The van der Waals surface area contributed by atoms with E-state index in [1.165, 1.54) is 0 Å². The first-order valence-electron chi connectivity index (χ1n) is 8.47. The number of nitrogens with zero attached hydrogens (tertiary/aromatic N) is 3. The van der Waals surface area contributed by atoms with E-state index in [1.54, 1.807) is 12.1 Å². The van der Waals surface area contributed by atoms with Gasteiger partial charge in [0.25, 0.3) is 0 Å². The zero-order chi connectivity index (χ0) is 19.3. The first kappa shape index (κ1) is 17.6. The molecule has 1 N–H and O–H groups in total. The van der Waals surface area contributed by atoms with Crippen molar-refractivity contribution >= 4 is 11.9 Å². The number of carbonyl (C=O) groups is 2. The minimum Gasteiger partial charge on any atom is -0.478 e. The fourth-order valence-corrected chi connectivity index (χ4v) is 3.53. The van der Waals surface area contributed by atoms with Gasteiger partial charge in [-0.3, -0.25) is 9.48 Å². The maximum Gasteiger partial charge on any atom is 0.436 e. The molecule has 1 aromatic heterocycles. The second-order valence-electron chi connectivity index (χ2n) is 7.03. The van der Waals surface area contributed by atoms with Crippen LogP contribution in [0.15, 0.2) is 30.5 Å². The lowest BCUT2D eigenvalue weighted by Crippen LogP contribution is -2.27. The highest BCUT2D eigenvalue weighted by atomic mass is 19.4.